The van der Waals surface area contributed by atoms with Crippen LogP contribution >= 0.6 is 22.9 Å². The molecule has 0 saturated heterocycles. The average molecular weight is 293 g/mol. The van der Waals surface area contributed by atoms with E-state index in [2.05, 4.69) is 34.9 Å². The van der Waals surface area contributed by atoms with Gasteiger partial charge in [-0.05, 0) is 24.1 Å². The fourth-order valence-corrected chi connectivity index (χ4v) is 3.25. The quantitative estimate of drug-likeness (QED) is 0.692. The predicted molar refractivity (Wildman–Crippen MR) is 78.3 cm³/mol. The number of thiophene rings is 1. The number of fused-ring (bicyclic) bond motifs is 1. The number of nitrogens with zero attached hydrogens (tertiary/aromatic N) is 4. The second kappa shape index (κ2) is 4.90. The Balaban J connectivity index is 2.30. The van der Waals surface area contributed by atoms with E-state index in [0.717, 1.165) is 34.7 Å². The summed E-state index contributed by atoms with van der Waals surface area (Å²) >= 11 is 7.71. The molecule has 0 bridgehead atoms. The van der Waals surface area contributed by atoms with E-state index >= 15 is 0 Å². The lowest BCUT2D eigenvalue weighted by molar-refractivity contribution is 0.871. The van der Waals surface area contributed by atoms with Gasteiger partial charge in [-0.3, -0.25) is 4.57 Å². The van der Waals surface area contributed by atoms with Crippen molar-refractivity contribution in [2.75, 3.05) is 0 Å². The molecule has 3 heterocycles. The first-order valence-corrected chi connectivity index (χ1v) is 7.41. The summed E-state index contributed by atoms with van der Waals surface area (Å²) in [5.41, 5.74) is 0. The van der Waals surface area contributed by atoms with E-state index in [4.69, 9.17) is 11.6 Å². The molecule has 3 rings (SSSR count). The fourth-order valence-electron chi connectivity index (χ4n) is 2.08. The highest BCUT2D eigenvalue weighted by atomic mass is 35.5. The van der Waals surface area contributed by atoms with E-state index in [1.54, 1.807) is 17.5 Å². The molecule has 0 aromatic carbocycles. The second-order valence-corrected chi connectivity index (χ2v) is 5.62. The molecule has 0 N–H and O–H groups in total. The van der Waals surface area contributed by atoms with Crippen molar-refractivity contribution in [1.29, 1.82) is 0 Å². The maximum Gasteiger partial charge on any atom is 0.225 e. The van der Waals surface area contributed by atoms with Crippen LogP contribution < -0.4 is 0 Å². The monoisotopic (exact) mass is 292 g/mol. The summed E-state index contributed by atoms with van der Waals surface area (Å²) in [7, 11) is 0. The zero-order chi connectivity index (χ0) is 13.4. The SMILES string of the molecule is CCc1cc2c(-n3ccnc3CC)nc(Cl)nc2s1. The second-order valence-electron chi connectivity index (χ2n) is 4.17. The third-order valence-corrected chi connectivity index (χ3v) is 4.35. The molecule has 3 aromatic rings. The summed E-state index contributed by atoms with van der Waals surface area (Å²) in [6, 6.07) is 2.14. The normalized spacial score (nSPS) is 11.3. The van der Waals surface area contributed by atoms with Crippen LogP contribution in [-0.2, 0) is 12.8 Å². The fraction of sp³-hybridized carbons (Fsp3) is 0.308. The first-order valence-electron chi connectivity index (χ1n) is 6.21. The number of hydrogen-bond acceptors (Lipinski definition) is 4. The Morgan fingerprint density at radius 3 is 2.84 bits per heavy atom. The molecule has 0 atom stereocenters. The highest BCUT2D eigenvalue weighted by molar-refractivity contribution is 7.18. The number of rotatable bonds is 3. The highest BCUT2D eigenvalue weighted by Crippen LogP contribution is 2.30. The van der Waals surface area contributed by atoms with Crippen molar-refractivity contribution in [2.45, 2.75) is 26.7 Å². The molecule has 0 radical (unpaired) electrons. The van der Waals surface area contributed by atoms with Crippen LogP contribution in [0, 0.1) is 0 Å². The van der Waals surface area contributed by atoms with Crippen molar-refractivity contribution in [3.05, 3.63) is 34.4 Å². The molecule has 19 heavy (non-hydrogen) atoms. The van der Waals surface area contributed by atoms with Crippen LogP contribution in [0.2, 0.25) is 5.28 Å². The van der Waals surface area contributed by atoms with Crippen LogP contribution in [0.3, 0.4) is 0 Å². The van der Waals surface area contributed by atoms with Crippen molar-refractivity contribution in [3.8, 4) is 5.82 Å². The van der Waals surface area contributed by atoms with Gasteiger partial charge in [-0.25, -0.2) is 9.97 Å². The molecule has 4 nitrogen and oxygen atoms in total. The Kier molecular flexibility index (Phi) is 3.24. The molecular weight excluding hydrogens is 280 g/mol. The molecule has 0 unspecified atom stereocenters. The van der Waals surface area contributed by atoms with Gasteiger partial charge in [0.15, 0.2) is 5.82 Å². The van der Waals surface area contributed by atoms with Crippen LogP contribution in [0.1, 0.15) is 24.5 Å². The van der Waals surface area contributed by atoms with Crippen LogP contribution in [0.25, 0.3) is 16.0 Å². The number of halogens is 1. The topological polar surface area (TPSA) is 43.6 Å². The van der Waals surface area contributed by atoms with E-state index in [-0.39, 0.29) is 5.28 Å². The zero-order valence-electron chi connectivity index (χ0n) is 10.7. The lowest BCUT2D eigenvalue weighted by Crippen LogP contribution is -2.03. The van der Waals surface area contributed by atoms with Crippen molar-refractivity contribution < 1.29 is 0 Å². The summed E-state index contributed by atoms with van der Waals surface area (Å²) in [6.45, 7) is 4.21. The summed E-state index contributed by atoms with van der Waals surface area (Å²) in [5, 5.41) is 1.32. The van der Waals surface area contributed by atoms with E-state index < -0.39 is 0 Å². The molecule has 0 aliphatic rings. The molecule has 0 aliphatic heterocycles. The van der Waals surface area contributed by atoms with E-state index in [1.165, 1.54) is 4.88 Å². The van der Waals surface area contributed by atoms with Crippen LogP contribution in [0.5, 0.6) is 0 Å². The van der Waals surface area contributed by atoms with Crippen molar-refractivity contribution in [3.63, 3.8) is 0 Å². The van der Waals surface area contributed by atoms with Gasteiger partial charge >= 0.3 is 0 Å². The largest absolute Gasteiger partial charge is 0.287 e. The number of aryl methyl sites for hydroxylation is 2. The molecule has 3 aromatic heterocycles. The van der Waals surface area contributed by atoms with Crippen LogP contribution in [-0.4, -0.2) is 19.5 Å². The Bertz CT molecular complexity index is 731. The van der Waals surface area contributed by atoms with Crippen molar-refractivity contribution >= 4 is 33.2 Å². The van der Waals surface area contributed by atoms with Crippen LogP contribution in [0.15, 0.2) is 18.5 Å². The zero-order valence-corrected chi connectivity index (χ0v) is 12.3. The summed E-state index contributed by atoms with van der Waals surface area (Å²) in [4.78, 5) is 15.2. The van der Waals surface area contributed by atoms with Crippen LogP contribution in [0.4, 0.5) is 0 Å². The summed E-state index contributed by atoms with van der Waals surface area (Å²) in [5.74, 6) is 1.79. The molecule has 98 valence electrons. The Hall–Kier alpha value is -1.46. The minimum Gasteiger partial charge on any atom is -0.287 e. The van der Waals surface area contributed by atoms with E-state index in [9.17, 15) is 0 Å². The lowest BCUT2D eigenvalue weighted by Gasteiger charge is -2.06. The molecule has 0 fully saturated rings. The minimum absolute atomic E-state index is 0.280. The first kappa shape index (κ1) is 12.6. The third-order valence-electron chi connectivity index (χ3n) is 3.01. The van der Waals surface area contributed by atoms with Gasteiger partial charge in [0.25, 0.3) is 0 Å². The predicted octanol–water partition coefficient (Wildman–Crippen LogP) is 3.66. The highest BCUT2D eigenvalue weighted by Gasteiger charge is 2.14. The molecule has 0 aliphatic carbocycles. The van der Waals surface area contributed by atoms with Crippen molar-refractivity contribution in [2.24, 2.45) is 0 Å². The minimum atomic E-state index is 0.280. The van der Waals surface area contributed by atoms with Gasteiger partial charge in [-0.1, -0.05) is 13.8 Å². The maximum atomic E-state index is 6.04. The van der Waals surface area contributed by atoms with Crippen molar-refractivity contribution in [1.82, 2.24) is 19.5 Å². The van der Waals surface area contributed by atoms with Gasteiger partial charge in [0.1, 0.15) is 10.7 Å². The van der Waals surface area contributed by atoms with E-state index in [0.29, 0.717) is 0 Å². The molecular formula is C13H13ClN4S. The molecule has 0 saturated carbocycles. The van der Waals surface area contributed by atoms with Gasteiger partial charge < -0.3 is 0 Å². The smallest absolute Gasteiger partial charge is 0.225 e. The number of hydrogen-bond donors (Lipinski definition) is 0. The van der Waals surface area contributed by atoms with Gasteiger partial charge in [-0.15, -0.1) is 11.3 Å². The van der Waals surface area contributed by atoms with Gasteiger partial charge in [0, 0.05) is 23.7 Å². The lowest BCUT2D eigenvalue weighted by atomic mass is 10.3. The average Bonchev–Trinajstić information content (AvgIpc) is 3.02. The molecule has 0 amide bonds. The number of imidazole rings is 1. The number of aromatic nitrogens is 4. The molecule has 0 spiro atoms. The Labute approximate surface area is 120 Å². The van der Waals surface area contributed by atoms with Gasteiger partial charge in [0.2, 0.25) is 5.28 Å². The van der Waals surface area contributed by atoms with Gasteiger partial charge in [0.05, 0.1) is 5.39 Å². The van der Waals surface area contributed by atoms with Gasteiger partial charge in [-0.2, -0.15) is 4.98 Å². The summed E-state index contributed by atoms with van der Waals surface area (Å²) < 4.78 is 1.99. The van der Waals surface area contributed by atoms with E-state index in [1.807, 2.05) is 10.8 Å². The maximum absolute atomic E-state index is 6.04. The third kappa shape index (κ3) is 2.13. The Morgan fingerprint density at radius 2 is 2.11 bits per heavy atom. The first-order chi connectivity index (χ1) is 9.22. The Morgan fingerprint density at radius 1 is 1.26 bits per heavy atom. The standard InChI is InChI=1S/C13H13ClN4S/c1-3-8-7-9-11(16-13(14)17-12(9)19-8)18-6-5-15-10(18)4-2/h5-7H,3-4H2,1-2H3. The summed E-state index contributed by atoms with van der Waals surface area (Å²) in [6.07, 6.45) is 5.54. The molecule has 6 heteroatoms.